The van der Waals surface area contributed by atoms with Gasteiger partial charge in [0, 0.05) is 11.4 Å². The zero-order valence-corrected chi connectivity index (χ0v) is 8.03. The van der Waals surface area contributed by atoms with Crippen LogP contribution in [0.3, 0.4) is 0 Å². The number of carbonyl (C=O) groups is 1. The number of aromatic nitrogens is 1. The van der Waals surface area contributed by atoms with Crippen LogP contribution in [0, 0.1) is 0 Å². The first-order valence-corrected chi connectivity index (χ1v) is 4.24. The molecule has 1 heterocycles. The summed E-state index contributed by atoms with van der Waals surface area (Å²) in [6, 6.07) is 1.70. The lowest BCUT2D eigenvalue weighted by atomic mass is 10.2. The highest BCUT2D eigenvalue weighted by atomic mass is 16.1. The van der Waals surface area contributed by atoms with Gasteiger partial charge in [0.25, 0.3) is 0 Å². The summed E-state index contributed by atoms with van der Waals surface area (Å²) >= 11 is 0. The number of pyridine rings is 1. The van der Waals surface area contributed by atoms with Crippen LogP contribution in [0.2, 0.25) is 0 Å². The Bertz CT molecular complexity index is 475. The molecule has 0 radical (unpaired) electrons. The highest BCUT2D eigenvalue weighted by Gasteiger charge is 1.99. The second-order valence-corrected chi connectivity index (χ2v) is 2.75. The number of nitrogens with two attached hydrogens (primary N) is 1. The fourth-order valence-corrected chi connectivity index (χ4v) is 1.13. The van der Waals surface area contributed by atoms with Crippen molar-refractivity contribution >= 4 is 18.1 Å². The molecule has 0 saturated heterocycles. The fourth-order valence-electron chi connectivity index (χ4n) is 1.13. The number of hydrogen-bond donors (Lipinski definition) is 1. The summed E-state index contributed by atoms with van der Waals surface area (Å²) in [7, 11) is 0. The molecule has 1 aromatic heterocycles. The van der Waals surface area contributed by atoms with E-state index in [2.05, 4.69) is 11.6 Å². The Labute approximate surface area is 82.3 Å². The maximum Gasteiger partial charge on any atom is 0.250 e. The van der Waals surface area contributed by atoms with Gasteiger partial charge in [-0.2, -0.15) is 0 Å². The summed E-state index contributed by atoms with van der Waals surface area (Å²) in [6.45, 7) is 5.47. The van der Waals surface area contributed by atoms with Crippen LogP contribution >= 0.6 is 0 Å². The summed E-state index contributed by atoms with van der Waals surface area (Å²) in [5.74, 6) is -0.473. The lowest BCUT2D eigenvalue weighted by Gasteiger charge is -1.94. The second-order valence-electron chi connectivity index (χ2n) is 2.75. The lowest BCUT2D eigenvalue weighted by Crippen LogP contribution is -2.29. The number of amides is 1. The van der Waals surface area contributed by atoms with Gasteiger partial charge < -0.3 is 5.73 Å². The van der Waals surface area contributed by atoms with Crippen LogP contribution in [0.4, 0.5) is 0 Å². The van der Waals surface area contributed by atoms with Crippen molar-refractivity contribution in [3.05, 3.63) is 41.0 Å². The number of primary amides is 1. The summed E-state index contributed by atoms with van der Waals surface area (Å²) in [5, 5.41) is 1.66. The van der Waals surface area contributed by atoms with E-state index in [4.69, 9.17) is 5.73 Å². The highest BCUT2D eigenvalue weighted by molar-refractivity contribution is 5.92. The number of allylic oxidation sites excluding steroid dienone is 1. The molecule has 0 saturated carbocycles. The predicted molar refractivity (Wildman–Crippen MR) is 56.8 cm³/mol. The van der Waals surface area contributed by atoms with E-state index in [0.717, 1.165) is 10.6 Å². The Morgan fingerprint density at radius 1 is 1.64 bits per heavy atom. The van der Waals surface area contributed by atoms with Crippen molar-refractivity contribution in [1.82, 2.24) is 4.98 Å². The first kappa shape index (κ1) is 10.2. The Morgan fingerprint density at radius 2 is 2.36 bits per heavy atom. The number of nitrogens with zero attached hydrogens (tertiary/aromatic N) is 1. The van der Waals surface area contributed by atoms with Crippen LogP contribution in [0.25, 0.3) is 12.2 Å². The third-order valence-electron chi connectivity index (χ3n) is 1.80. The van der Waals surface area contributed by atoms with Crippen LogP contribution in [0.5, 0.6) is 0 Å². The van der Waals surface area contributed by atoms with Crippen molar-refractivity contribution < 1.29 is 4.79 Å². The molecule has 0 aliphatic carbocycles. The molecule has 0 bridgehead atoms. The molecule has 0 fully saturated rings. The van der Waals surface area contributed by atoms with E-state index in [1.165, 1.54) is 6.20 Å². The van der Waals surface area contributed by atoms with Crippen LogP contribution in [-0.4, -0.2) is 10.9 Å². The molecule has 0 spiro atoms. The average Bonchev–Trinajstić information content (AvgIpc) is 2.18. The summed E-state index contributed by atoms with van der Waals surface area (Å²) < 4.78 is 0. The standard InChI is InChI=1S/C11H12N2O/c1-3-5-8-6-9(11(12)14)7-13-10(8)4-2/h3-7H,1H2,2H3,(H2,12,14)/b8-5-,10-4+. The topological polar surface area (TPSA) is 56.0 Å². The van der Waals surface area contributed by atoms with Gasteiger partial charge in [-0.15, -0.1) is 0 Å². The molecular formula is C11H12N2O. The molecule has 1 rings (SSSR count). The van der Waals surface area contributed by atoms with Gasteiger partial charge in [-0.05, 0) is 13.0 Å². The highest BCUT2D eigenvalue weighted by Crippen LogP contribution is 1.86. The quantitative estimate of drug-likeness (QED) is 0.707. The summed E-state index contributed by atoms with van der Waals surface area (Å²) in [4.78, 5) is 15.0. The minimum absolute atomic E-state index is 0.406. The zero-order chi connectivity index (χ0) is 10.6. The maximum atomic E-state index is 10.9. The van der Waals surface area contributed by atoms with Crippen molar-refractivity contribution in [2.75, 3.05) is 0 Å². The molecule has 0 atom stereocenters. The van der Waals surface area contributed by atoms with E-state index in [1.54, 1.807) is 18.2 Å². The minimum Gasteiger partial charge on any atom is -0.366 e. The monoisotopic (exact) mass is 188 g/mol. The van der Waals surface area contributed by atoms with E-state index in [9.17, 15) is 4.79 Å². The molecule has 0 aromatic carbocycles. The molecule has 72 valence electrons. The lowest BCUT2D eigenvalue weighted by molar-refractivity contribution is 0.1000. The summed E-state index contributed by atoms with van der Waals surface area (Å²) in [6.07, 6.45) is 6.77. The number of carbonyl (C=O) groups excluding carboxylic acids is 1. The van der Waals surface area contributed by atoms with Gasteiger partial charge in [-0.25, -0.2) is 0 Å². The predicted octanol–water partition coefficient (Wildman–Crippen LogP) is -0.0526. The van der Waals surface area contributed by atoms with E-state index >= 15 is 0 Å². The first-order chi connectivity index (χ1) is 6.69. The zero-order valence-electron chi connectivity index (χ0n) is 8.03. The van der Waals surface area contributed by atoms with Gasteiger partial charge in [-0.3, -0.25) is 9.78 Å². The molecule has 1 amide bonds. The Kier molecular flexibility index (Phi) is 3.18. The smallest absolute Gasteiger partial charge is 0.250 e. The van der Waals surface area contributed by atoms with Gasteiger partial charge in [0.2, 0.25) is 5.91 Å². The van der Waals surface area contributed by atoms with Crippen LogP contribution in [-0.2, 0) is 0 Å². The van der Waals surface area contributed by atoms with Gasteiger partial charge in [0.15, 0.2) is 0 Å². The Balaban J connectivity index is 3.52. The van der Waals surface area contributed by atoms with Crippen molar-refractivity contribution in [2.24, 2.45) is 5.73 Å². The number of rotatable bonds is 2. The van der Waals surface area contributed by atoms with Crippen molar-refractivity contribution in [1.29, 1.82) is 0 Å². The largest absolute Gasteiger partial charge is 0.366 e. The van der Waals surface area contributed by atoms with Crippen LogP contribution in [0.1, 0.15) is 17.3 Å². The van der Waals surface area contributed by atoms with Crippen molar-refractivity contribution in [2.45, 2.75) is 6.92 Å². The normalized spacial score (nSPS) is 12.9. The second kappa shape index (κ2) is 4.37. The third-order valence-corrected chi connectivity index (χ3v) is 1.80. The van der Waals surface area contributed by atoms with E-state index in [0.29, 0.717) is 5.56 Å². The van der Waals surface area contributed by atoms with Crippen LogP contribution in [0.15, 0.2) is 24.9 Å². The first-order valence-electron chi connectivity index (χ1n) is 4.24. The van der Waals surface area contributed by atoms with Crippen LogP contribution < -0.4 is 16.3 Å². The average molecular weight is 188 g/mol. The van der Waals surface area contributed by atoms with E-state index in [1.807, 2.05) is 13.0 Å². The molecule has 2 N–H and O–H groups in total. The molecular weight excluding hydrogens is 176 g/mol. The maximum absolute atomic E-state index is 10.9. The van der Waals surface area contributed by atoms with E-state index < -0.39 is 5.91 Å². The summed E-state index contributed by atoms with van der Waals surface area (Å²) in [5.41, 5.74) is 5.55. The molecule has 1 aromatic rings. The molecule has 0 aliphatic heterocycles. The molecule has 3 nitrogen and oxygen atoms in total. The van der Waals surface area contributed by atoms with E-state index in [-0.39, 0.29) is 0 Å². The van der Waals surface area contributed by atoms with Crippen molar-refractivity contribution in [3.8, 4) is 0 Å². The van der Waals surface area contributed by atoms with Gasteiger partial charge in [0.1, 0.15) is 0 Å². The van der Waals surface area contributed by atoms with Gasteiger partial charge in [-0.1, -0.05) is 24.8 Å². The SMILES string of the molecule is C=C/C=c1/cc(C(N)=O)cn/c1=C/C. The fraction of sp³-hybridized carbons (Fsp3) is 0.0909. The molecule has 3 heteroatoms. The molecule has 0 aliphatic rings. The minimum atomic E-state index is -0.473. The van der Waals surface area contributed by atoms with Crippen molar-refractivity contribution in [3.63, 3.8) is 0 Å². The van der Waals surface area contributed by atoms with Gasteiger partial charge in [0.05, 0.1) is 10.9 Å². The molecule has 14 heavy (non-hydrogen) atoms. The number of hydrogen-bond acceptors (Lipinski definition) is 2. The third kappa shape index (κ3) is 2.07. The Morgan fingerprint density at radius 3 is 2.86 bits per heavy atom. The van der Waals surface area contributed by atoms with Gasteiger partial charge >= 0.3 is 0 Å². The molecule has 0 unspecified atom stereocenters. The Hall–Kier alpha value is -1.90.